The lowest BCUT2D eigenvalue weighted by Gasteiger charge is -2.18. The molecule has 1 amide bonds. The highest BCUT2D eigenvalue weighted by molar-refractivity contribution is 5.87. The molecule has 0 radical (unpaired) electrons. The summed E-state index contributed by atoms with van der Waals surface area (Å²) >= 11 is 0. The molecule has 0 bridgehead atoms. The van der Waals surface area contributed by atoms with E-state index in [9.17, 15) is 19.8 Å². The van der Waals surface area contributed by atoms with Gasteiger partial charge in [0.1, 0.15) is 17.9 Å². The van der Waals surface area contributed by atoms with Gasteiger partial charge in [-0.2, -0.15) is 0 Å². The normalized spacial score (nSPS) is 13.5. The number of ether oxygens (including phenoxy) is 1. The number of aliphatic hydroxyl groups is 2. The van der Waals surface area contributed by atoms with Crippen molar-refractivity contribution in [3.63, 3.8) is 0 Å². The molecule has 0 spiro atoms. The Balaban J connectivity index is 2.78. The summed E-state index contributed by atoms with van der Waals surface area (Å²) in [5.41, 5.74) is 0.346. The van der Waals surface area contributed by atoms with Crippen molar-refractivity contribution in [3.05, 3.63) is 29.6 Å². The van der Waals surface area contributed by atoms with Crippen molar-refractivity contribution in [2.75, 3.05) is 13.7 Å². The third kappa shape index (κ3) is 4.31. The molecule has 0 saturated carbocycles. The van der Waals surface area contributed by atoms with E-state index in [1.54, 1.807) is 0 Å². The molecule has 7 nitrogen and oxygen atoms in total. The maximum Gasteiger partial charge on any atom is 0.356 e. The van der Waals surface area contributed by atoms with Gasteiger partial charge in [0, 0.05) is 19.7 Å². The predicted molar refractivity (Wildman–Crippen MR) is 65.2 cm³/mol. The van der Waals surface area contributed by atoms with Gasteiger partial charge in [-0.15, -0.1) is 0 Å². The Labute approximate surface area is 110 Å². The zero-order valence-corrected chi connectivity index (χ0v) is 10.7. The minimum absolute atomic E-state index is 0.0331. The standard InChI is InChI=1S/C12H16N2O5/c1-7(15)14-6-10(16)11(17)8-3-4-13-9(5-8)12(18)19-2/h3-5,10-11,16-17H,6H2,1-2H3,(H,14,15). The van der Waals surface area contributed by atoms with Crippen LogP contribution in [0.3, 0.4) is 0 Å². The lowest BCUT2D eigenvalue weighted by molar-refractivity contribution is -0.119. The Hall–Kier alpha value is -1.99. The fourth-order valence-electron chi connectivity index (χ4n) is 1.43. The molecular weight excluding hydrogens is 252 g/mol. The van der Waals surface area contributed by atoms with Crippen LogP contribution in [0, 0.1) is 0 Å². The number of hydrogen-bond donors (Lipinski definition) is 3. The van der Waals surface area contributed by atoms with Gasteiger partial charge in [0.15, 0.2) is 0 Å². The Morgan fingerprint density at radius 1 is 1.47 bits per heavy atom. The fraction of sp³-hybridized carbons (Fsp3) is 0.417. The third-order valence-corrected chi connectivity index (χ3v) is 2.44. The summed E-state index contributed by atoms with van der Waals surface area (Å²) in [7, 11) is 1.22. The van der Waals surface area contributed by atoms with Crippen LogP contribution in [-0.2, 0) is 9.53 Å². The number of methoxy groups -OCH3 is 1. The number of esters is 1. The lowest BCUT2D eigenvalue weighted by Crippen LogP contribution is -2.34. The Morgan fingerprint density at radius 3 is 2.74 bits per heavy atom. The van der Waals surface area contributed by atoms with Crippen LogP contribution in [0.25, 0.3) is 0 Å². The van der Waals surface area contributed by atoms with Gasteiger partial charge < -0.3 is 20.3 Å². The molecule has 0 saturated heterocycles. The molecule has 3 N–H and O–H groups in total. The zero-order chi connectivity index (χ0) is 14.4. The van der Waals surface area contributed by atoms with Gasteiger partial charge in [0.2, 0.25) is 5.91 Å². The molecule has 104 valence electrons. The van der Waals surface area contributed by atoms with E-state index in [-0.39, 0.29) is 18.1 Å². The highest BCUT2D eigenvalue weighted by atomic mass is 16.5. The number of carbonyl (C=O) groups is 2. The van der Waals surface area contributed by atoms with Crippen LogP contribution >= 0.6 is 0 Å². The van der Waals surface area contributed by atoms with E-state index in [0.29, 0.717) is 5.56 Å². The van der Waals surface area contributed by atoms with Gasteiger partial charge in [0.05, 0.1) is 7.11 Å². The highest BCUT2D eigenvalue weighted by Crippen LogP contribution is 2.17. The average molecular weight is 268 g/mol. The number of aromatic nitrogens is 1. The van der Waals surface area contributed by atoms with E-state index in [2.05, 4.69) is 15.0 Å². The summed E-state index contributed by atoms with van der Waals surface area (Å²) < 4.78 is 4.51. The zero-order valence-electron chi connectivity index (χ0n) is 10.7. The summed E-state index contributed by atoms with van der Waals surface area (Å²) in [5.74, 6) is -0.943. The third-order valence-electron chi connectivity index (χ3n) is 2.44. The molecule has 1 rings (SSSR count). The van der Waals surface area contributed by atoms with Crippen molar-refractivity contribution in [2.24, 2.45) is 0 Å². The lowest BCUT2D eigenvalue weighted by atomic mass is 10.0. The number of carbonyl (C=O) groups excluding carboxylic acids is 2. The van der Waals surface area contributed by atoms with Crippen molar-refractivity contribution >= 4 is 11.9 Å². The number of pyridine rings is 1. The van der Waals surface area contributed by atoms with Gasteiger partial charge in [-0.25, -0.2) is 9.78 Å². The van der Waals surface area contributed by atoms with Crippen LogP contribution in [0.4, 0.5) is 0 Å². The van der Waals surface area contributed by atoms with Crippen LogP contribution in [0.15, 0.2) is 18.3 Å². The maximum absolute atomic E-state index is 11.3. The summed E-state index contributed by atoms with van der Waals surface area (Å²) in [6.45, 7) is 1.22. The molecule has 2 atom stereocenters. The molecular formula is C12H16N2O5. The second-order valence-electron chi connectivity index (χ2n) is 3.92. The van der Waals surface area contributed by atoms with E-state index in [4.69, 9.17) is 0 Å². The number of nitrogens with one attached hydrogen (secondary N) is 1. The van der Waals surface area contributed by atoms with Gasteiger partial charge in [-0.05, 0) is 17.7 Å². The molecule has 0 aromatic carbocycles. The van der Waals surface area contributed by atoms with Crippen LogP contribution in [0.1, 0.15) is 29.1 Å². The molecule has 0 aliphatic carbocycles. The summed E-state index contributed by atoms with van der Waals surface area (Å²) in [5, 5.41) is 22.0. The molecule has 2 unspecified atom stereocenters. The first-order chi connectivity index (χ1) is 8.95. The fourth-order valence-corrected chi connectivity index (χ4v) is 1.43. The first-order valence-electron chi connectivity index (χ1n) is 5.60. The average Bonchev–Trinajstić information content (AvgIpc) is 2.43. The van der Waals surface area contributed by atoms with Crippen molar-refractivity contribution in [2.45, 2.75) is 19.1 Å². The Bertz CT molecular complexity index is 463. The molecule has 1 heterocycles. The number of rotatable bonds is 5. The van der Waals surface area contributed by atoms with Crippen LogP contribution in [0.2, 0.25) is 0 Å². The van der Waals surface area contributed by atoms with Crippen molar-refractivity contribution in [1.29, 1.82) is 0 Å². The van der Waals surface area contributed by atoms with Crippen molar-refractivity contribution in [1.82, 2.24) is 10.3 Å². The molecule has 1 aromatic rings. The smallest absolute Gasteiger partial charge is 0.356 e. The first-order valence-corrected chi connectivity index (χ1v) is 5.60. The largest absolute Gasteiger partial charge is 0.464 e. The molecule has 7 heteroatoms. The molecule has 1 aromatic heterocycles. The van der Waals surface area contributed by atoms with E-state index in [1.807, 2.05) is 0 Å². The summed E-state index contributed by atoms with van der Waals surface area (Å²) in [6.07, 6.45) is -1.09. The summed E-state index contributed by atoms with van der Waals surface area (Å²) in [6, 6.07) is 2.79. The van der Waals surface area contributed by atoms with E-state index < -0.39 is 18.2 Å². The van der Waals surface area contributed by atoms with Crippen LogP contribution in [0.5, 0.6) is 0 Å². The minimum Gasteiger partial charge on any atom is -0.464 e. The van der Waals surface area contributed by atoms with Gasteiger partial charge in [-0.1, -0.05) is 0 Å². The predicted octanol–water partition coefficient (Wildman–Crippen LogP) is -0.601. The molecule has 0 aliphatic rings. The summed E-state index contributed by atoms with van der Waals surface area (Å²) in [4.78, 5) is 25.8. The topological polar surface area (TPSA) is 109 Å². The quantitative estimate of drug-likeness (QED) is 0.615. The van der Waals surface area contributed by atoms with Crippen LogP contribution < -0.4 is 5.32 Å². The number of amides is 1. The number of aliphatic hydroxyl groups excluding tert-OH is 2. The van der Waals surface area contributed by atoms with E-state index in [1.165, 1.54) is 32.4 Å². The first kappa shape index (κ1) is 15.1. The van der Waals surface area contributed by atoms with Gasteiger partial charge >= 0.3 is 5.97 Å². The Morgan fingerprint density at radius 2 is 2.16 bits per heavy atom. The molecule has 0 aliphatic heterocycles. The monoisotopic (exact) mass is 268 g/mol. The molecule has 0 fully saturated rings. The number of nitrogens with zero attached hydrogens (tertiary/aromatic N) is 1. The van der Waals surface area contributed by atoms with Crippen molar-refractivity contribution < 1.29 is 24.5 Å². The van der Waals surface area contributed by atoms with E-state index >= 15 is 0 Å². The van der Waals surface area contributed by atoms with E-state index in [0.717, 1.165) is 0 Å². The second-order valence-corrected chi connectivity index (χ2v) is 3.92. The van der Waals surface area contributed by atoms with Crippen molar-refractivity contribution in [3.8, 4) is 0 Å². The maximum atomic E-state index is 11.3. The SMILES string of the molecule is COC(=O)c1cc(C(O)C(O)CNC(C)=O)ccn1. The second kappa shape index (κ2) is 6.81. The highest BCUT2D eigenvalue weighted by Gasteiger charge is 2.20. The van der Waals surface area contributed by atoms with Gasteiger partial charge in [0.25, 0.3) is 0 Å². The molecule has 19 heavy (non-hydrogen) atoms. The van der Waals surface area contributed by atoms with Crippen LogP contribution in [-0.4, -0.2) is 46.8 Å². The Kier molecular flexibility index (Phi) is 5.40. The minimum atomic E-state index is -1.24. The van der Waals surface area contributed by atoms with Gasteiger partial charge in [-0.3, -0.25) is 4.79 Å². The number of hydrogen-bond acceptors (Lipinski definition) is 6.